The molecular weight excluding hydrogens is 188 g/mol. The molecule has 0 aromatic heterocycles. The van der Waals surface area contributed by atoms with Crippen molar-refractivity contribution in [2.45, 2.75) is 38.9 Å². The Hall–Kier alpha value is -1.02. The lowest BCUT2D eigenvalue weighted by Crippen LogP contribution is -2.26. The van der Waals surface area contributed by atoms with E-state index >= 15 is 0 Å². The molecule has 82 valence electrons. The van der Waals surface area contributed by atoms with E-state index in [1.54, 1.807) is 0 Å². The van der Waals surface area contributed by atoms with Gasteiger partial charge >= 0.3 is 0 Å². The molecule has 0 amide bonds. The molecule has 0 radical (unpaired) electrons. The molecule has 0 saturated carbocycles. The Balaban J connectivity index is 2.22. The van der Waals surface area contributed by atoms with E-state index in [1.165, 1.54) is 5.56 Å². The zero-order valence-corrected chi connectivity index (χ0v) is 9.62. The van der Waals surface area contributed by atoms with Gasteiger partial charge in [0.05, 0.1) is 18.3 Å². The first-order chi connectivity index (χ1) is 7.06. The van der Waals surface area contributed by atoms with E-state index in [1.807, 2.05) is 18.2 Å². The van der Waals surface area contributed by atoms with Crippen LogP contribution in [-0.2, 0) is 4.74 Å². The lowest BCUT2D eigenvalue weighted by atomic mass is 10.0. The molecule has 1 unspecified atom stereocenters. The van der Waals surface area contributed by atoms with Crippen LogP contribution in [0, 0.1) is 0 Å². The molecular formula is C13H18O2. The van der Waals surface area contributed by atoms with Crippen LogP contribution in [0.25, 0.3) is 0 Å². The minimum atomic E-state index is -0.102. The summed E-state index contributed by atoms with van der Waals surface area (Å²) in [5, 5.41) is 0. The molecule has 2 nitrogen and oxygen atoms in total. The molecule has 1 aromatic rings. The molecule has 0 spiro atoms. The van der Waals surface area contributed by atoms with E-state index in [0.29, 0.717) is 0 Å². The van der Waals surface area contributed by atoms with Gasteiger partial charge in [-0.05, 0) is 26.8 Å². The highest BCUT2D eigenvalue weighted by Crippen LogP contribution is 2.36. The molecule has 15 heavy (non-hydrogen) atoms. The zero-order chi connectivity index (χ0) is 10.9. The average molecular weight is 206 g/mol. The predicted molar refractivity (Wildman–Crippen MR) is 60.1 cm³/mol. The second kappa shape index (κ2) is 3.86. The normalized spacial score (nSPS) is 20.6. The topological polar surface area (TPSA) is 18.5 Å². The molecule has 1 atom stereocenters. The zero-order valence-electron chi connectivity index (χ0n) is 9.62. The van der Waals surface area contributed by atoms with Crippen molar-refractivity contribution in [1.29, 1.82) is 0 Å². The molecule has 1 heterocycles. The molecule has 1 aromatic carbocycles. The maximum Gasteiger partial charge on any atom is 0.125 e. The third-order valence-corrected chi connectivity index (χ3v) is 2.40. The maximum atomic E-state index is 6.03. The minimum Gasteiger partial charge on any atom is -0.493 e. The van der Waals surface area contributed by atoms with Gasteiger partial charge < -0.3 is 9.47 Å². The summed E-state index contributed by atoms with van der Waals surface area (Å²) in [6.07, 6.45) is 1.11. The highest BCUT2D eigenvalue weighted by atomic mass is 16.5. The van der Waals surface area contributed by atoms with Crippen LogP contribution in [0.2, 0.25) is 0 Å². The van der Waals surface area contributed by atoms with Crippen LogP contribution in [0.5, 0.6) is 5.75 Å². The molecule has 0 N–H and O–H groups in total. The number of fused-ring (bicyclic) bond motifs is 1. The summed E-state index contributed by atoms with van der Waals surface area (Å²) in [5.74, 6) is 0.970. The summed E-state index contributed by atoms with van der Waals surface area (Å²) in [6.45, 7) is 7.01. The standard InChI is InChI=1S/C13H18O2/c1-13(2,3)15-12-8-9-14-11-7-5-4-6-10(11)12/h4-7,12H,8-9H2,1-3H3. The summed E-state index contributed by atoms with van der Waals surface area (Å²) < 4.78 is 11.6. The fourth-order valence-electron chi connectivity index (χ4n) is 1.86. The van der Waals surface area contributed by atoms with E-state index in [0.717, 1.165) is 18.8 Å². The third kappa shape index (κ3) is 2.51. The molecule has 0 bridgehead atoms. The second-order valence-corrected chi connectivity index (χ2v) is 4.89. The Morgan fingerprint density at radius 2 is 2.00 bits per heavy atom. The van der Waals surface area contributed by atoms with E-state index in [-0.39, 0.29) is 11.7 Å². The van der Waals surface area contributed by atoms with E-state index in [2.05, 4.69) is 26.8 Å². The highest BCUT2D eigenvalue weighted by Gasteiger charge is 2.25. The fraction of sp³-hybridized carbons (Fsp3) is 0.538. The number of ether oxygens (including phenoxy) is 2. The Labute approximate surface area is 91.2 Å². The Morgan fingerprint density at radius 1 is 1.27 bits per heavy atom. The number of hydrogen-bond donors (Lipinski definition) is 0. The molecule has 0 saturated heterocycles. The smallest absolute Gasteiger partial charge is 0.125 e. The van der Waals surface area contributed by atoms with Crippen molar-refractivity contribution in [3.05, 3.63) is 29.8 Å². The van der Waals surface area contributed by atoms with Gasteiger partial charge in [-0.1, -0.05) is 18.2 Å². The second-order valence-electron chi connectivity index (χ2n) is 4.89. The van der Waals surface area contributed by atoms with Gasteiger partial charge in [0.15, 0.2) is 0 Å². The molecule has 2 rings (SSSR count). The van der Waals surface area contributed by atoms with Crippen LogP contribution in [0.15, 0.2) is 24.3 Å². The largest absolute Gasteiger partial charge is 0.493 e. The molecule has 1 aliphatic rings. The van der Waals surface area contributed by atoms with Crippen LogP contribution >= 0.6 is 0 Å². The lowest BCUT2D eigenvalue weighted by molar-refractivity contribution is -0.0754. The van der Waals surface area contributed by atoms with E-state index in [9.17, 15) is 0 Å². The first-order valence-corrected chi connectivity index (χ1v) is 5.46. The van der Waals surface area contributed by atoms with Gasteiger partial charge in [0.2, 0.25) is 0 Å². The Bertz CT molecular complexity index is 339. The van der Waals surface area contributed by atoms with Gasteiger partial charge in [-0.25, -0.2) is 0 Å². The molecule has 0 fully saturated rings. The molecule has 2 heteroatoms. The van der Waals surface area contributed by atoms with Crippen LogP contribution in [0.4, 0.5) is 0 Å². The van der Waals surface area contributed by atoms with Gasteiger partial charge in [0.1, 0.15) is 5.75 Å². The maximum absolute atomic E-state index is 6.03. The van der Waals surface area contributed by atoms with Crippen LogP contribution in [0.3, 0.4) is 0 Å². The average Bonchev–Trinajstić information content (AvgIpc) is 2.16. The highest BCUT2D eigenvalue weighted by molar-refractivity contribution is 5.36. The molecule has 1 aliphatic heterocycles. The van der Waals surface area contributed by atoms with Gasteiger partial charge in [-0.2, -0.15) is 0 Å². The van der Waals surface area contributed by atoms with Gasteiger partial charge in [-0.15, -0.1) is 0 Å². The minimum absolute atomic E-state index is 0.102. The number of hydrogen-bond acceptors (Lipinski definition) is 2. The number of benzene rings is 1. The van der Waals surface area contributed by atoms with Crippen molar-refractivity contribution in [1.82, 2.24) is 0 Å². The molecule has 0 aliphatic carbocycles. The first kappa shape index (κ1) is 10.5. The summed E-state index contributed by atoms with van der Waals surface area (Å²) in [4.78, 5) is 0. The monoisotopic (exact) mass is 206 g/mol. The Morgan fingerprint density at radius 3 is 2.73 bits per heavy atom. The third-order valence-electron chi connectivity index (χ3n) is 2.40. The lowest BCUT2D eigenvalue weighted by Gasteiger charge is -2.31. The van der Waals surface area contributed by atoms with Crippen LogP contribution in [-0.4, -0.2) is 12.2 Å². The summed E-state index contributed by atoms with van der Waals surface area (Å²) >= 11 is 0. The van der Waals surface area contributed by atoms with Crippen LogP contribution < -0.4 is 4.74 Å². The van der Waals surface area contributed by atoms with Crippen molar-refractivity contribution in [2.24, 2.45) is 0 Å². The van der Waals surface area contributed by atoms with Gasteiger partial charge in [0, 0.05) is 12.0 Å². The fourth-order valence-corrected chi connectivity index (χ4v) is 1.86. The van der Waals surface area contributed by atoms with Crippen LogP contribution in [0.1, 0.15) is 38.9 Å². The first-order valence-electron chi connectivity index (χ1n) is 5.46. The van der Waals surface area contributed by atoms with E-state index in [4.69, 9.17) is 9.47 Å². The van der Waals surface area contributed by atoms with Crippen molar-refractivity contribution < 1.29 is 9.47 Å². The Kier molecular flexibility index (Phi) is 2.70. The van der Waals surface area contributed by atoms with E-state index < -0.39 is 0 Å². The van der Waals surface area contributed by atoms with Crippen molar-refractivity contribution >= 4 is 0 Å². The number of para-hydroxylation sites is 1. The SMILES string of the molecule is CC(C)(C)OC1CCOc2ccccc21. The van der Waals surface area contributed by atoms with Crippen molar-refractivity contribution in [3.8, 4) is 5.75 Å². The predicted octanol–water partition coefficient (Wildman–Crippen LogP) is 3.33. The van der Waals surface area contributed by atoms with Crippen molar-refractivity contribution in [3.63, 3.8) is 0 Å². The van der Waals surface area contributed by atoms with Gasteiger partial charge in [0.25, 0.3) is 0 Å². The van der Waals surface area contributed by atoms with Gasteiger partial charge in [-0.3, -0.25) is 0 Å². The number of rotatable bonds is 1. The summed E-state index contributed by atoms with van der Waals surface area (Å²) in [7, 11) is 0. The summed E-state index contributed by atoms with van der Waals surface area (Å²) in [6, 6.07) is 8.13. The quantitative estimate of drug-likeness (QED) is 0.701. The van der Waals surface area contributed by atoms with Crippen molar-refractivity contribution in [2.75, 3.05) is 6.61 Å². The summed E-state index contributed by atoms with van der Waals surface area (Å²) in [5.41, 5.74) is 1.08.